The lowest BCUT2D eigenvalue weighted by Gasteiger charge is -2.30. The average molecular weight is 274 g/mol. The summed E-state index contributed by atoms with van der Waals surface area (Å²) in [5, 5.41) is 6.26. The van der Waals surface area contributed by atoms with Crippen molar-refractivity contribution in [3.63, 3.8) is 0 Å². The van der Waals surface area contributed by atoms with E-state index in [-0.39, 0.29) is 6.54 Å². The molecule has 0 amide bonds. The molecule has 0 aliphatic carbocycles. The minimum Gasteiger partial charge on any atom is -0.330 e. The van der Waals surface area contributed by atoms with Crippen LogP contribution in [0.3, 0.4) is 0 Å². The molecule has 18 heavy (non-hydrogen) atoms. The molecule has 1 aliphatic heterocycles. The molecule has 9 heteroatoms. The molecular weight excluding hydrogens is 256 g/mol. The summed E-state index contributed by atoms with van der Waals surface area (Å²) in [5.41, 5.74) is 5.58. The summed E-state index contributed by atoms with van der Waals surface area (Å²) in [7, 11) is -3.44. The number of nitrogens with zero attached hydrogens (tertiary/aromatic N) is 3. The normalized spacial score (nSPS) is 19.2. The van der Waals surface area contributed by atoms with Crippen LogP contribution in [0, 0.1) is 5.92 Å². The Morgan fingerprint density at radius 2 is 2.22 bits per heavy atom. The third-order valence-electron chi connectivity index (χ3n) is 3.13. The third-order valence-corrected chi connectivity index (χ3v) is 4.69. The van der Waals surface area contributed by atoms with Crippen molar-refractivity contribution in [1.29, 1.82) is 0 Å². The van der Waals surface area contributed by atoms with E-state index in [2.05, 4.69) is 19.9 Å². The highest BCUT2D eigenvalue weighted by molar-refractivity contribution is 7.87. The zero-order valence-corrected chi connectivity index (χ0v) is 10.9. The molecule has 4 N–H and O–H groups in total. The van der Waals surface area contributed by atoms with Crippen molar-refractivity contribution < 1.29 is 8.42 Å². The molecule has 0 unspecified atom stereocenters. The second kappa shape index (κ2) is 5.74. The van der Waals surface area contributed by atoms with Gasteiger partial charge >= 0.3 is 0 Å². The Kier molecular flexibility index (Phi) is 4.27. The third kappa shape index (κ3) is 3.25. The first-order valence-electron chi connectivity index (χ1n) is 5.91. The van der Waals surface area contributed by atoms with Gasteiger partial charge in [-0.15, -0.1) is 0 Å². The fraction of sp³-hybridized carbons (Fsp3) is 0.778. The molecule has 1 aliphatic rings. The lowest BCUT2D eigenvalue weighted by molar-refractivity contribution is 0.275. The molecule has 2 heterocycles. The van der Waals surface area contributed by atoms with E-state index >= 15 is 0 Å². The molecule has 0 atom stereocenters. The molecule has 8 nitrogen and oxygen atoms in total. The first-order valence-corrected chi connectivity index (χ1v) is 7.35. The van der Waals surface area contributed by atoms with E-state index in [1.807, 2.05) is 0 Å². The number of aromatic amines is 1. The Hall–Kier alpha value is -1.03. The van der Waals surface area contributed by atoms with Gasteiger partial charge in [0.1, 0.15) is 12.2 Å². The molecule has 0 saturated carbocycles. The van der Waals surface area contributed by atoms with Gasteiger partial charge in [0.05, 0.1) is 6.54 Å². The predicted octanol–water partition coefficient (Wildman–Crippen LogP) is -1.19. The van der Waals surface area contributed by atoms with E-state index in [0.717, 1.165) is 12.8 Å². The van der Waals surface area contributed by atoms with Gasteiger partial charge < -0.3 is 5.73 Å². The second-order valence-electron chi connectivity index (χ2n) is 4.34. The van der Waals surface area contributed by atoms with Crippen LogP contribution in [0.2, 0.25) is 0 Å². The molecule has 1 saturated heterocycles. The largest absolute Gasteiger partial charge is 0.330 e. The van der Waals surface area contributed by atoms with Crippen LogP contribution in [0.15, 0.2) is 6.33 Å². The van der Waals surface area contributed by atoms with Crippen LogP contribution in [-0.4, -0.2) is 47.5 Å². The molecule has 0 bridgehead atoms. The quantitative estimate of drug-likeness (QED) is 0.624. The SMILES string of the molecule is NCC1CCN(S(=O)(=O)NCc2ncn[nH]2)CC1. The minimum atomic E-state index is -3.44. The van der Waals surface area contributed by atoms with Crippen LogP contribution in [0.5, 0.6) is 0 Å². The number of hydrogen-bond donors (Lipinski definition) is 3. The van der Waals surface area contributed by atoms with E-state index in [1.165, 1.54) is 10.6 Å². The number of aromatic nitrogens is 3. The van der Waals surface area contributed by atoms with Crippen LogP contribution < -0.4 is 10.5 Å². The summed E-state index contributed by atoms with van der Waals surface area (Å²) >= 11 is 0. The van der Waals surface area contributed by atoms with E-state index in [4.69, 9.17) is 5.73 Å². The zero-order chi connectivity index (χ0) is 13.0. The first kappa shape index (κ1) is 13.4. The molecule has 0 radical (unpaired) electrons. The van der Waals surface area contributed by atoms with E-state index in [1.54, 1.807) is 0 Å². The standard InChI is InChI=1S/C9H18N6O2S/c10-5-8-1-3-15(4-2-8)18(16,17)13-6-9-11-7-12-14-9/h7-8,13H,1-6,10H2,(H,11,12,14). The summed E-state index contributed by atoms with van der Waals surface area (Å²) in [4.78, 5) is 3.86. The van der Waals surface area contributed by atoms with Gasteiger partial charge in [0.2, 0.25) is 0 Å². The van der Waals surface area contributed by atoms with Crippen molar-refractivity contribution >= 4 is 10.2 Å². The van der Waals surface area contributed by atoms with Crippen LogP contribution in [0.4, 0.5) is 0 Å². The van der Waals surface area contributed by atoms with Gasteiger partial charge in [0.25, 0.3) is 10.2 Å². The fourth-order valence-electron chi connectivity index (χ4n) is 1.95. The van der Waals surface area contributed by atoms with Gasteiger partial charge in [0.15, 0.2) is 0 Å². The number of nitrogens with one attached hydrogen (secondary N) is 2. The van der Waals surface area contributed by atoms with Crippen molar-refractivity contribution in [1.82, 2.24) is 24.2 Å². The highest BCUT2D eigenvalue weighted by Crippen LogP contribution is 2.17. The summed E-state index contributed by atoms with van der Waals surface area (Å²) in [5.74, 6) is 0.932. The molecule has 1 aromatic rings. The summed E-state index contributed by atoms with van der Waals surface area (Å²) in [6.07, 6.45) is 2.98. The molecule has 102 valence electrons. The van der Waals surface area contributed by atoms with Gasteiger partial charge in [0, 0.05) is 13.1 Å². The Morgan fingerprint density at radius 1 is 1.50 bits per heavy atom. The lowest BCUT2D eigenvalue weighted by Crippen LogP contribution is -2.45. The van der Waals surface area contributed by atoms with Gasteiger partial charge in [-0.3, -0.25) is 5.10 Å². The van der Waals surface area contributed by atoms with Crippen molar-refractivity contribution in [3.8, 4) is 0 Å². The Bertz CT molecular complexity index is 451. The Balaban J connectivity index is 1.87. The number of piperidine rings is 1. The molecule has 0 spiro atoms. The number of nitrogens with two attached hydrogens (primary N) is 1. The molecule has 2 rings (SSSR count). The number of hydrogen-bond acceptors (Lipinski definition) is 5. The highest BCUT2D eigenvalue weighted by Gasteiger charge is 2.27. The lowest BCUT2D eigenvalue weighted by atomic mass is 9.99. The zero-order valence-electron chi connectivity index (χ0n) is 10.0. The second-order valence-corrected chi connectivity index (χ2v) is 6.09. The Labute approximate surface area is 106 Å². The molecular formula is C9H18N6O2S. The average Bonchev–Trinajstić information content (AvgIpc) is 2.90. The Morgan fingerprint density at radius 3 is 2.78 bits per heavy atom. The van der Waals surface area contributed by atoms with Crippen LogP contribution in [-0.2, 0) is 16.8 Å². The van der Waals surface area contributed by atoms with E-state index in [9.17, 15) is 8.42 Å². The monoisotopic (exact) mass is 274 g/mol. The summed E-state index contributed by atoms with van der Waals surface area (Å²) in [6, 6.07) is 0. The van der Waals surface area contributed by atoms with Gasteiger partial charge in [-0.25, -0.2) is 4.98 Å². The van der Waals surface area contributed by atoms with Crippen LogP contribution >= 0.6 is 0 Å². The van der Waals surface area contributed by atoms with Crippen LogP contribution in [0.25, 0.3) is 0 Å². The van der Waals surface area contributed by atoms with Crippen molar-refractivity contribution in [2.45, 2.75) is 19.4 Å². The van der Waals surface area contributed by atoms with Gasteiger partial charge in [-0.1, -0.05) is 0 Å². The topological polar surface area (TPSA) is 117 Å². The highest BCUT2D eigenvalue weighted by atomic mass is 32.2. The predicted molar refractivity (Wildman–Crippen MR) is 65.5 cm³/mol. The first-order chi connectivity index (χ1) is 8.62. The smallest absolute Gasteiger partial charge is 0.279 e. The van der Waals surface area contributed by atoms with E-state index in [0.29, 0.717) is 31.4 Å². The van der Waals surface area contributed by atoms with Crippen molar-refractivity contribution in [2.24, 2.45) is 11.7 Å². The van der Waals surface area contributed by atoms with Crippen molar-refractivity contribution in [2.75, 3.05) is 19.6 Å². The minimum absolute atomic E-state index is 0.124. The fourth-order valence-corrected chi connectivity index (χ4v) is 3.15. The van der Waals surface area contributed by atoms with Gasteiger partial charge in [-0.05, 0) is 25.3 Å². The maximum absolute atomic E-state index is 12.0. The van der Waals surface area contributed by atoms with Crippen LogP contribution in [0.1, 0.15) is 18.7 Å². The summed E-state index contributed by atoms with van der Waals surface area (Å²) < 4.78 is 27.9. The van der Waals surface area contributed by atoms with E-state index < -0.39 is 10.2 Å². The number of H-pyrrole nitrogens is 1. The molecule has 0 aromatic carbocycles. The maximum Gasteiger partial charge on any atom is 0.279 e. The molecule has 1 aromatic heterocycles. The summed E-state index contributed by atoms with van der Waals surface area (Å²) in [6.45, 7) is 1.79. The van der Waals surface area contributed by atoms with Gasteiger partial charge in [-0.2, -0.15) is 22.5 Å². The molecule has 1 fully saturated rings. The van der Waals surface area contributed by atoms with Crippen molar-refractivity contribution in [3.05, 3.63) is 12.2 Å². The maximum atomic E-state index is 12.0. The number of rotatable bonds is 5.